The average molecular weight is 254 g/mol. The first-order valence-electron chi connectivity index (χ1n) is 5.42. The van der Waals surface area contributed by atoms with Crippen LogP contribution in [0.5, 0.6) is 11.5 Å². The fourth-order valence-electron chi connectivity index (χ4n) is 1.37. The molecular formula is C12H18N2O4. The van der Waals surface area contributed by atoms with Gasteiger partial charge >= 0.3 is 6.03 Å². The number of hydrogen-bond acceptors (Lipinski definition) is 4. The summed E-state index contributed by atoms with van der Waals surface area (Å²) in [5, 5.41) is 5.22. The quantitative estimate of drug-likeness (QED) is 0.746. The molecule has 0 aliphatic heterocycles. The van der Waals surface area contributed by atoms with Crippen LogP contribution < -0.4 is 20.1 Å². The van der Waals surface area contributed by atoms with Gasteiger partial charge in [-0.2, -0.15) is 0 Å². The molecule has 2 amide bonds. The van der Waals surface area contributed by atoms with Crippen LogP contribution in [0, 0.1) is 0 Å². The van der Waals surface area contributed by atoms with Gasteiger partial charge < -0.3 is 24.8 Å². The van der Waals surface area contributed by atoms with E-state index in [2.05, 4.69) is 10.6 Å². The van der Waals surface area contributed by atoms with Crippen LogP contribution in [0.2, 0.25) is 0 Å². The lowest BCUT2D eigenvalue weighted by Gasteiger charge is -2.10. The zero-order chi connectivity index (χ0) is 13.4. The van der Waals surface area contributed by atoms with E-state index in [1.807, 2.05) is 12.1 Å². The van der Waals surface area contributed by atoms with Crippen molar-refractivity contribution >= 4 is 6.03 Å². The first kappa shape index (κ1) is 14.1. The van der Waals surface area contributed by atoms with E-state index in [1.54, 1.807) is 20.3 Å². The van der Waals surface area contributed by atoms with Crippen molar-refractivity contribution in [3.8, 4) is 11.5 Å². The Hall–Kier alpha value is -1.95. The summed E-state index contributed by atoms with van der Waals surface area (Å²) in [6, 6.07) is 5.18. The van der Waals surface area contributed by atoms with E-state index in [4.69, 9.17) is 14.2 Å². The van der Waals surface area contributed by atoms with Crippen molar-refractivity contribution in [3.05, 3.63) is 23.8 Å². The van der Waals surface area contributed by atoms with E-state index >= 15 is 0 Å². The molecule has 0 saturated heterocycles. The third kappa shape index (κ3) is 4.14. The summed E-state index contributed by atoms with van der Waals surface area (Å²) in [5.74, 6) is 1.29. The number of hydrogen-bond donors (Lipinski definition) is 2. The fourth-order valence-corrected chi connectivity index (χ4v) is 1.37. The van der Waals surface area contributed by atoms with Crippen LogP contribution in [0.4, 0.5) is 4.79 Å². The summed E-state index contributed by atoms with van der Waals surface area (Å²) < 4.78 is 15.0. The number of ether oxygens (including phenoxy) is 3. The first-order valence-corrected chi connectivity index (χ1v) is 5.42. The monoisotopic (exact) mass is 254 g/mol. The van der Waals surface area contributed by atoms with Crippen molar-refractivity contribution < 1.29 is 19.0 Å². The average Bonchev–Trinajstić information content (AvgIpc) is 2.42. The molecule has 0 bridgehead atoms. The van der Waals surface area contributed by atoms with E-state index in [1.165, 1.54) is 7.11 Å². The van der Waals surface area contributed by atoms with E-state index < -0.39 is 0 Å². The van der Waals surface area contributed by atoms with E-state index in [0.29, 0.717) is 18.0 Å². The number of urea groups is 1. The minimum absolute atomic E-state index is 0.178. The summed E-state index contributed by atoms with van der Waals surface area (Å²) >= 11 is 0. The summed E-state index contributed by atoms with van der Waals surface area (Å²) in [6.07, 6.45) is 0. The molecule has 0 aromatic heterocycles. The molecule has 0 atom stereocenters. The number of carbonyl (C=O) groups excluding carboxylic acids is 1. The topological polar surface area (TPSA) is 68.8 Å². The molecule has 1 aromatic rings. The number of benzene rings is 1. The number of rotatable bonds is 6. The van der Waals surface area contributed by atoms with Crippen molar-refractivity contribution in [1.82, 2.24) is 10.6 Å². The van der Waals surface area contributed by atoms with Crippen LogP contribution in [0.3, 0.4) is 0 Å². The number of methoxy groups -OCH3 is 3. The maximum Gasteiger partial charge on any atom is 0.316 e. The molecule has 0 aliphatic rings. The molecule has 100 valence electrons. The zero-order valence-electron chi connectivity index (χ0n) is 10.8. The van der Waals surface area contributed by atoms with Crippen LogP contribution in [0.25, 0.3) is 0 Å². The van der Waals surface area contributed by atoms with E-state index in [-0.39, 0.29) is 12.8 Å². The van der Waals surface area contributed by atoms with Gasteiger partial charge in [0.15, 0.2) is 11.5 Å². The Balaban J connectivity index is 2.55. The highest BCUT2D eigenvalue weighted by atomic mass is 16.5. The van der Waals surface area contributed by atoms with Crippen LogP contribution >= 0.6 is 0 Å². The third-order valence-corrected chi connectivity index (χ3v) is 2.28. The predicted octanol–water partition coefficient (Wildman–Crippen LogP) is 1.11. The van der Waals surface area contributed by atoms with Crippen LogP contribution in [0.15, 0.2) is 18.2 Å². The highest BCUT2D eigenvalue weighted by Gasteiger charge is 2.05. The van der Waals surface area contributed by atoms with Crippen molar-refractivity contribution in [2.45, 2.75) is 6.54 Å². The van der Waals surface area contributed by atoms with Gasteiger partial charge in [0.1, 0.15) is 6.73 Å². The Morgan fingerprint density at radius 1 is 1.11 bits per heavy atom. The van der Waals surface area contributed by atoms with Gasteiger partial charge in [-0.25, -0.2) is 4.79 Å². The minimum Gasteiger partial charge on any atom is -0.493 e. The highest BCUT2D eigenvalue weighted by molar-refractivity contribution is 5.73. The van der Waals surface area contributed by atoms with Gasteiger partial charge in [-0.1, -0.05) is 6.07 Å². The molecule has 1 aromatic carbocycles. The molecule has 0 saturated carbocycles. The molecule has 0 aliphatic carbocycles. The molecule has 2 N–H and O–H groups in total. The van der Waals surface area contributed by atoms with E-state index in [9.17, 15) is 4.79 Å². The molecule has 0 radical (unpaired) electrons. The second kappa shape index (κ2) is 7.39. The lowest BCUT2D eigenvalue weighted by molar-refractivity contribution is 0.172. The van der Waals surface area contributed by atoms with Crippen molar-refractivity contribution in [3.63, 3.8) is 0 Å². The first-order chi connectivity index (χ1) is 8.71. The molecule has 0 spiro atoms. The van der Waals surface area contributed by atoms with Gasteiger partial charge in [-0.3, -0.25) is 0 Å². The SMILES string of the molecule is COCNC(=O)NCc1ccc(OC)c(OC)c1. The largest absolute Gasteiger partial charge is 0.493 e. The molecule has 0 fully saturated rings. The maximum absolute atomic E-state index is 11.3. The Morgan fingerprint density at radius 3 is 2.44 bits per heavy atom. The second-order valence-electron chi connectivity index (χ2n) is 3.48. The van der Waals surface area contributed by atoms with Crippen LogP contribution in [0.1, 0.15) is 5.56 Å². The van der Waals surface area contributed by atoms with Gasteiger partial charge in [0.05, 0.1) is 14.2 Å². The zero-order valence-corrected chi connectivity index (χ0v) is 10.8. The normalized spacial score (nSPS) is 9.72. The highest BCUT2D eigenvalue weighted by Crippen LogP contribution is 2.27. The number of amides is 2. The molecular weight excluding hydrogens is 236 g/mol. The summed E-state index contributed by atoms with van der Waals surface area (Å²) in [4.78, 5) is 11.3. The van der Waals surface area contributed by atoms with E-state index in [0.717, 1.165) is 5.56 Å². The Bertz CT molecular complexity index is 396. The Labute approximate surface area is 106 Å². The maximum atomic E-state index is 11.3. The predicted molar refractivity (Wildman–Crippen MR) is 66.8 cm³/mol. The summed E-state index contributed by atoms with van der Waals surface area (Å²) in [6.45, 7) is 0.577. The number of carbonyl (C=O) groups is 1. The Morgan fingerprint density at radius 2 is 1.83 bits per heavy atom. The number of nitrogens with one attached hydrogen (secondary N) is 2. The molecule has 18 heavy (non-hydrogen) atoms. The Kier molecular flexibility index (Phi) is 5.79. The molecule has 1 rings (SSSR count). The molecule has 6 nitrogen and oxygen atoms in total. The molecule has 0 heterocycles. The lowest BCUT2D eigenvalue weighted by atomic mass is 10.2. The molecule has 0 unspecified atom stereocenters. The minimum atomic E-state index is -0.286. The van der Waals surface area contributed by atoms with Crippen molar-refractivity contribution in [2.24, 2.45) is 0 Å². The van der Waals surface area contributed by atoms with Crippen LogP contribution in [-0.4, -0.2) is 34.1 Å². The van der Waals surface area contributed by atoms with Crippen LogP contribution in [-0.2, 0) is 11.3 Å². The van der Waals surface area contributed by atoms with Gasteiger partial charge in [-0.05, 0) is 17.7 Å². The lowest BCUT2D eigenvalue weighted by Crippen LogP contribution is -2.36. The fraction of sp³-hybridized carbons (Fsp3) is 0.417. The second-order valence-corrected chi connectivity index (χ2v) is 3.48. The molecule has 6 heteroatoms. The summed E-state index contributed by atoms with van der Waals surface area (Å²) in [5.41, 5.74) is 0.917. The van der Waals surface area contributed by atoms with Gasteiger partial charge in [0.2, 0.25) is 0 Å². The summed E-state index contributed by atoms with van der Waals surface area (Å²) in [7, 11) is 4.66. The van der Waals surface area contributed by atoms with Gasteiger partial charge in [-0.15, -0.1) is 0 Å². The van der Waals surface area contributed by atoms with Crippen molar-refractivity contribution in [2.75, 3.05) is 28.1 Å². The third-order valence-electron chi connectivity index (χ3n) is 2.28. The van der Waals surface area contributed by atoms with Crippen molar-refractivity contribution in [1.29, 1.82) is 0 Å². The smallest absolute Gasteiger partial charge is 0.316 e. The van der Waals surface area contributed by atoms with Gasteiger partial charge in [0, 0.05) is 13.7 Å². The van der Waals surface area contributed by atoms with Gasteiger partial charge in [0.25, 0.3) is 0 Å². The standard InChI is InChI=1S/C12H18N2O4/c1-16-8-14-12(15)13-7-9-4-5-10(17-2)11(6-9)18-3/h4-6H,7-8H2,1-3H3,(H2,13,14,15).